The van der Waals surface area contributed by atoms with Gasteiger partial charge in [0, 0.05) is 71.3 Å². The number of rotatable bonds is 7. The molecule has 0 radical (unpaired) electrons. The number of aromatic nitrogens is 3. The zero-order valence-corrected chi connectivity index (χ0v) is 22.6. The number of fused-ring (bicyclic) bond motifs is 1. The highest BCUT2D eigenvalue weighted by Crippen LogP contribution is 2.39. The van der Waals surface area contributed by atoms with Crippen molar-refractivity contribution in [1.82, 2.24) is 15.0 Å². The van der Waals surface area contributed by atoms with E-state index in [0.717, 1.165) is 28.8 Å². The number of hydrogen-bond acceptors (Lipinski definition) is 8. The molecule has 10 heteroatoms. The highest BCUT2D eigenvalue weighted by molar-refractivity contribution is 7.84. The summed E-state index contributed by atoms with van der Waals surface area (Å²) in [5.41, 5.74) is 2.40. The van der Waals surface area contributed by atoms with Crippen LogP contribution in [0.2, 0.25) is 0 Å². The summed E-state index contributed by atoms with van der Waals surface area (Å²) in [6, 6.07) is 8.54. The lowest BCUT2D eigenvalue weighted by molar-refractivity contribution is 0.0612. The first-order valence-electron chi connectivity index (χ1n) is 12.9. The van der Waals surface area contributed by atoms with Crippen molar-refractivity contribution in [2.24, 2.45) is 5.92 Å². The highest BCUT2D eigenvalue weighted by Gasteiger charge is 2.37. The Kier molecular flexibility index (Phi) is 7.31. The van der Waals surface area contributed by atoms with Gasteiger partial charge in [0.05, 0.1) is 12.6 Å². The number of aliphatic hydroxyl groups excluding tert-OH is 1. The van der Waals surface area contributed by atoms with Gasteiger partial charge in [0.25, 0.3) is 0 Å². The standard InChI is InChI=1S/C27H35FN6O2S/c1-16(2)19-5-6-23(34-13-18(17(34)3)15-37(4)36)21-12-30-26(11-20(19)21)31-25-7-9-29-27(32-25)33-10-8-24(35)22(28)14-33/h5-7,9,11-12,16-18,22,24,35H,8,10,13-15H2,1-4H3,(H,29,30,31,32)/t17-,18-,22+,24-,37-/m1/s1. The number of halogens is 1. The van der Waals surface area contributed by atoms with Crippen molar-refractivity contribution < 1.29 is 13.7 Å². The van der Waals surface area contributed by atoms with E-state index >= 15 is 0 Å². The minimum Gasteiger partial charge on any atom is -0.390 e. The van der Waals surface area contributed by atoms with Crippen molar-refractivity contribution in [2.45, 2.75) is 51.4 Å². The summed E-state index contributed by atoms with van der Waals surface area (Å²) in [5, 5.41) is 15.2. The second-order valence-corrected chi connectivity index (χ2v) is 12.0. The predicted octanol–water partition coefficient (Wildman–Crippen LogP) is 4.00. The quantitative estimate of drug-likeness (QED) is 0.477. The van der Waals surface area contributed by atoms with Crippen LogP contribution in [0.3, 0.4) is 0 Å². The third kappa shape index (κ3) is 5.27. The van der Waals surface area contributed by atoms with Crippen LogP contribution >= 0.6 is 0 Å². The van der Waals surface area contributed by atoms with Crippen LogP contribution in [-0.4, -0.2) is 74.2 Å². The Morgan fingerprint density at radius 2 is 2.00 bits per heavy atom. The molecule has 2 saturated heterocycles. The van der Waals surface area contributed by atoms with Crippen LogP contribution < -0.4 is 15.1 Å². The summed E-state index contributed by atoms with van der Waals surface area (Å²) in [4.78, 5) is 17.7. The Labute approximate surface area is 219 Å². The molecule has 2 aliphatic rings. The molecular formula is C27H35FN6O2S. The number of piperidine rings is 1. The van der Waals surface area contributed by atoms with Crippen molar-refractivity contribution >= 4 is 44.8 Å². The molecule has 1 aromatic carbocycles. The van der Waals surface area contributed by atoms with Crippen LogP contribution in [0.15, 0.2) is 36.7 Å². The molecule has 5 rings (SSSR count). The first-order chi connectivity index (χ1) is 17.7. The number of aliphatic hydroxyl groups is 1. The van der Waals surface area contributed by atoms with Gasteiger partial charge in [-0.1, -0.05) is 19.9 Å². The molecule has 0 saturated carbocycles. The summed E-state index contributed by atoms with van der Waals surface area (Å²) in [6.07, 6.45) is 3.44. The molecule has 5 atom stereocenters. The number of benzene rings is 1. The van der Waals surface area contributed by atoms with E-state index in [1.165, 1.54) is 5.56 Å². The van der Waals surface area contributed by atoms with Crippen molar-refractivity contribution in [3.8, 4) is 0 Å². The summed E-state index contributed by atoms with van der Waals surface area (Å²) < 4.78 is 25.8. The van der Waals surface area contributed by atoms with Crippen LogP contribution in [0.4, 0.5) is 27.7 Å². The van der Waals surface area contributed by atoms with E-state index < -0.39 is 23.1 Å². The van der Waals surface area contributed by atoms with Crippen LogP contribution in [-0.2, 0) is 10.8 Å². The number of alkyl halides is 1. The molecule has 2 aromatic heterocycles. The Morgan fingerprint density at radius 3 is 2.70 bits per heavy atom. The minimum atomic E-state index is -1.31. The first-order valence-corrected chi connectivity index (χ1v) is 14.6. The monoisotopic (exact) mass is 526 g/mol. The van der Waals surface area contributed by atoms with E-state index in [-0.39, 0.29) is 6.54 Å². The van der Waals surface area contributed by atoms with Gasteiger partial charge in [-0.05, 0) is 48.4 Å². The number of pyridine rings is 1. The highest BCUT2D eigenvalue weighted by atomic mass is 32.2. The molecule has 2 fully saturated rings. The molecule has 2 N–H and O–H groups in total. The summed E-state index contributed by atoms with van der Waals surface area (Å²) in [6.45, 7) is 8.05. The van der Waals surface area contributed by atoms with Crippen molar-refractivity contribution in [1.29, 1.82) is 0 Å². The van der Waals surface area contributed by atoms with Crippen LogP contribution in [0.25, 0.3) is 10.8 Å². The van der Waals surface area contributed by atoms with Crippen LogP contribution in [0, 0.1) is 5.92 Å². The fraction of sp³-hybridized carbons (Fsp3) is 0.519. The van der Waals surface area contributed by atoms with Crippen molar-refractivity contribution in [3.05, 3.63) is 42.2 Å². The molecule has 0 spiro atoms. The average Bonchev–Trinajstić information content (AvgIpc) is 2.87. The SMILES string of the molecule is CC(C)c1ccc(N2C[C@H](C[S@@](C)=O)[C@H]2C)c2cnc(Nc3ccnc(N4CC[C@@H](O)[C@@H](F)C4)n3)cc12. The maximum atomic E-state index is 14.0. The Hall–Kier alpha value is -2.85. The molecule has 37 heavy (non-hydrogen) atoms. The van der Waals surface area contributed by atoms with Gasteiger partial charge in [0.1, 0.15) is 17.8 Å². The van der Waals surface area contributed by atoms with E-state index in [2.05, 4.69) is 59.2 Å². The molecule has 0 aliphatic carbocycles. The molecule has 0 bridgehead atoms. The second kappa shape index (κ2) is 10.5. The summed E-state index contributed by atoms with van der Waals surface area (Å²) in [5.74, 6) is 3.18. The molecule has 3 aromatic rings. The van der Waals surface area contributed by atoms with Gasteiger partial charge >= 0.3 is 0 Å². The van der Waals surface area contributed by atoms with Gasteiger partial charge in [-0.15, -0.1) is 0 Å². The van der Waals surface area contributed by atoms with Crippen LogP contribution in [0.1, 0.15) is 38.7 Å². The average molecular weight is 527 g/mol. The van der Waals surface area contributed by atoms with Gasteiger partial charge in [-0.2, -0.15) is 4.98 Å². The first kappa shape index (κ1) is 25.8. The lowest BCUT2D eigenvalue weighted by atomic mass is 9.88. The van der Waals surface area contributed by atoms with E-state index in [1.807, 2.05) is 6.20 Å². The molecule has 2 aliphatic heterocycles. The maximum Gasteiger partial charge on any atom is 0.227 e. The number of nitrogens with zero attached hydrogens (tertiary/aromatic N) is 5. The number of anilines is 4. The van der Waals surface area contributed by atoms with Crippen molar-refractivity contribution in [2.75, 3.05) is 46.8 Å². The van der Waals surface area contributed by atoms with E-state index in [1.54, 1.807) is 23.4 Å². The summed E-state index contributed by atoms with van der Waals surface area (Å²) in [7, 11) is -0.793. The van der Waals surface area contributed by atoms with E-state index in [4.69, 9.17) is 4.98 Å². The second-order valence-electron chi connectivity index (χ2n) is 10.5. The Balaban J connectivity index is 1.41. The van der Waals surface area contributed by atoms with E-state index in [0.29, 0.717) is 48.4 Å². The van der Waals surface area contributed by atoms with Gasteiger partial charge in [0.2, 0.25) is 5.95 Å². The molecule has 0 amide bonds. The topological polar surface area (TPSA) is 94.5 Å². The lowest BCUT2D eigenvalue weighted by Gasteiger charge is -2.48. The largest absolute Gasteiger partial charge is 0.390 e. The lowest BCUT2D eigenvalue weighted by Crippen LogP contribution is -2.56. The van der Waals surface area contributed by atoms with E-state index in [9.17, 15) is 13.7 Å². The van der Waals surface area contributed by atoms with Gasteiger partial charge < -0.3 is 20.2 Å². The Morgan fingerprint density at radius 1 is 1.19 bits per heavy atom. The van der Waals surface area contributed by atoms with Crippen molar-refractivity contribution in [3.63, 3.8) is 0 Å². The van der Waals surface area contributed by atoms with Gasteiger partial charge in [-0.3, -0.25) is 4.21 Å². The Bertz CT molecular complexity index is 1310. The van der Waals surface area contributed by atoms with Gasteiger partial charge in [0.15, 0.2) is 0 Å². The third-order valence-electron chi connectivity index (χ3n) is 7.59. The smallest absolute Gasteiger partial charge is 0.227 e. The fourth-order valence-corrected chi connectivity index (χ4v) is 6.33. The zero-order chi connectivity index (χ0) is 26.3. The molecule has 198 valence electrons. The zero-order valence-electron chi connectivity index (χ0n) is 21.8. The molecular weight excluding hydrogens is 491 g/mol. The third-order valence-corrected chi connectivity index (χ3v) is 8.48. The molecule has 4 heterocycles. The normalized spacial score (nSPS) is 24.8. The summed E-state index contributed by atoms with van der Waals surface area (Å²) >= 11 is 0. The minimum absolute atomic E-state index is 0.0727. The fourth-order valence-electron chi connectivity index (χ4n) is 5.34. The molecule has 0 unspecified atom stereocenters. The molecule has 8 nitrogen and oxygen atoms in total. The predicted molar refractivity (Wildman–Crippen MR) is 148 cm³/mol. The maximum absolute atomic E-state index is 14.0. The van der Waals surface area contributed by atoms with Gasteiger partial charge in [-0.25, -0.2) is 14.4 Å². The number of hydrogen-bond donors (Lipinski definition) is 2. The van der Waals surface area contributed by atoms with Crippen LogP contribution in [0.5, 0.6) is 0 Å². The number of nitrogens with one attached hydrogen (secondary N) is 1.